The third kappa shape index (κ3) is 4.78. The van der Waals surface area contributed by atoms with Gasteiger partial charge in [0.25, 0.3) is 5.91 Å². The zero-order chi connectivity index (χ0) is 19.9. The van der Waals surface area contributed by atoms with Crippen molar-refractivity contribution in [2.75, 3.05) is 34.3 Å². The number of aromatic nitrogens is 2. The first-order chi connectivity index (χ1) is 13.6. The van der Waals surface area contributed by atoms with Crippen molar-refractivity contribution in [1.82, 2.24) is 15.1 Å². The van der Waals surface area contributed by atoms with Crippen molar-refractivity contribution in [3.05, 3.63) is 66.4 Å². The summed E-state index contributed by atoms with van der Waals surface area (Å²) in [7, 11) is 5.84. The highest BCUT2D eigenvalue weighted by atomic mass is 16.5. The lowest BCUT2D eigenvalue weighted by atomic mass is 10.1. The second-order valence-electron chi connectivity index (χ2n) is 6.97. The quantitative estimate of drug-likeness (QED) is 0.587. The van der Waals surface area contributed by atoms with Gasteiger partial charge in [0.15, 0.2) is 0 Å². The standard InChI is InChI=1S/C22H26N4O2/c1-25(2)15-7-14-23-22(27)20-16-26(18-8-5-4-6-9-18)24-21(20)17-10-12-19(28-3)13-11-17/h4-6,8-13,16H,7,14-15H2,1-3H3,(H,23,27)/p+1. The topological polar surface area (TPSA) is 60.6 Å². The fourth-order valence-corrected chi connectivity index (χ4v) is 2.95. The van der Waals surface area contributed by atoms with E-state index in [4.69, 9.17) is 9.84 Å². The first-order valence-electron chi connectivity index (χ1n) is 9.45. The van der Waals surface area contributed by atoms with Gasteiger partial charge in [-0.05, 0) is 36.4 Å². The maximum Gasteiger partial charge on any atom is 0.255 e. The molecule has 6 heteroatoms. The molecule has 0 spiro atoms. The molecule has 0 aliphatic heterocycles. The minimum absolute atomic E-state index is 0.109. The molecule has 1 aromatic heterocycles. The molecular weight excluding hydrogens is 352 g/mol. The van der Waals surface area contributed by atoms with Gasteiger partial charge in [0.1, 0.15) is 11.4 Å². The van der Waals surface area contributed by atoms with Crippen molar-refractivity contribution in [3.8, 4) is 22.7 Å². The van der Waals surface area contributed by atoms with Gasteiger partial charge in [-0.1, -0.05) is 18.2 Å². The average molecular weight is 379 g/mol. The van der Waals surface area contributed by atoms with Crippen molar-refractivity contribution < 1.29 is 14.4 Å². The molecule has 0 unspecified atom stereocenters. The van der Waals surface area contributed by atoms with Gasteiger partial charge < -0.3 is 15.0 Å². The van der Waals surface area contributed by atoms with Gasteiger partial charge in [-0.25, -0.2) is 4.68 Å². The smallest absolute Gasteiger partial charge is 0.255 e. The summed E-state index contributed by atoms with van der Waals surface area (Å²) in [6, 6.07) is 17.4. The normalized spacial score (nSPS) is 10.9. The number of carbonyl (C=O) groups excluding carboxylic acids is 1. The van der Waals surface area contributed by atoms with Gasteiger partial charge >= 0.3 is 0 Å². The Morgan fingerprint density at radius 1 is 1.11 bits per heavy atom. The van der Waals surface area contributed by atoms with E-state index in [9.17, 15) is 4.79 Å². The van der Waals surface area contributed by atoms with E-state index < -0.39 is 0 Å². The number of hydrogen-bond acceptors (Lipinski definition) is 3. The van der Waals surface area contributed by atoms with Crippen molar-refractivity contribution in [1.29, 1.82) is 0 Å². The largest absolute Gasteiger partial charge is 0.497 e. The van der Waals surface area contributed by atoms with Gasteiger partial charge in [-0.15, -0.1) is 0 Å². The van der Waals surface area contributed by atoms with Crippen LogP contribution in [0.1, 0.15) is 16.8 Å². The summed E-state index contributed by atoms with van der Waals surface area (Å²) < 4.78 is 6.98. The molecule has 3 aromatic rings. The van der Waals surface area contributed by atoms with Gasteiger partial charge in [0, 0.05) is 24.7 Å². The van der Waals surface area contributed by atoms with E-state index in [1.54, 1.807) is 18.0 Å². The highest BCUT2D eigenvalue weighted by molar-refractivity contribution is 5.99. The minimum Gasteiger partial charge on any atom is -0.497 e. The molecule has 0 saturated carbocycles. The first kappa shape index (κ1) is 19.6. The number of nitrogens with one attached hydrogen (secondary N) is 2. The zero-order valence-electron chi connectivity index (χ0n) is 16.6. The first-order valence-corrected chi connectivity index (χ1v) is 9.45. The summed E-state index contributed by atoms with van der Waals surface area (Å²) in [5, 5.41) is 7.72. The maximum atomic E-state index is 12.9. The lowest BCUT2D eigenvalue weighted by molar-refractivity contribution is -0.858. The molecule has 0 aliphatic carbocycles. The molecule has 2 aromatic carbocycles. The summed E-state index contributed by atoms with van der Waals surface area (Å²) in [6.45, 7) is 1.65. The number of methoxy groups -OCH3 is 1. The number of benzene rings is 2. The summed E-state index contributed by atoms with van der Waals surface area (Å²) in [5.41, 5.74) is 3.00. The third-order valence-corrected chi connectivity index (χ3v) is 4.48. The van der Waals surface area contributed by atoms with E-state index >= 15 is 0 Å². The van der Waals surface area contributed by atoms with Crippen LogP contribution in [0.25, 0.3) is 16.9 Å². The molecule has 3 rings (SSSR count). The monoisotopic (exact) mass is 379 g/mol. The number of quaternary nitrogens is 1. The number of para-hydroxylation sites is 1. The Labute approximate surface area is 165 Å². The van der Waals surface area contributed by atoms with Crippen LogP contribution in [0.3, 0.4) is 0 Å². The van der Waals surface area contributed by atoms with Crippen LogP contribution in [0, 0.1) is 0 Å². The molecule has 0 fully saturated rings. The van der Waals surface area contributed by atoms with E-state index in [2.05, 4.69) is 19.4 Å². The molecule has 28 heavy (non-hydrogen) atoms. The van der Waals surface area contributed by atoms with Gasteiger partial charge in [-0.2, -0.15) is 5.10 Å². The Morgan fingerprint density at radius 2 is 1.82 bits per heavy atom. The zero-order valence-corrected chi connectivity index (χ0v) is 16.6. The highest BCUT2D eigenvalue weighted by Crippen LogP contribution is 2.25. The average Bonchev–Trinajstić information content (AvgIpc) is 3.17. The van der Waals surface area contributed by atoms with Crippen LogP contribution in [-0.4, -0.2) is 50.0 Å². The number of rotatable bonds is 8. The second-order valence-corrected chi connectivity index (χ2v) is 6.97. The van der Waals surface area contributed by atoms with Crippen LogP contribution in [0.5, 0.6) is 5.75 Å². The number of carbonyl (C=O) groups is 1. The SMILES string of the molecule is COc1ccc(-c2nn(-c3ccccc3)cc2C(=O)NCCC[NH+](C)C)cc1. The summed E-state index contributed by atoms with van der Waals surface area (Å²) in [5.74, 6) is 0.658. The third-order valence-electron chi connectivity index (χ3n) is 4.48. The van der Waals surface area contributed by atoms with Crippen molar-refractivity contribution in [2.45, 2.75) is 6.42 Å². The lowest BCUT2D eigenvalue weighted by Crippen LogP contribution is -3.05. The highest BCUT2D eigenvalue weighted by Gasteiger charge is 2.18. The summed E-state index contributed by atoms with van der Waals surface area (Å²) in [6.07, 6.45) is 2.72. The Balaban J connectivity index is 1.89. The maximum absolute atomic E-state index is 12.9. The van der Waals surface area contributed by atoms with Crippen LogP contribution in [0.2, 0.25) is 0 Å². The van der Waals surface area contributed by atoms with E-state index in [-0.39, 0.29) is 5.91 Å². The molecule has 6 nitrogen and oxygen atoms in total. The van der Waals surface area contributed by atoms with E-state index in [0.29, 0.717) is 17.8 Å². The van der Waals surface area contributed by atoms with Crippen LogP contribution in [0.4, 0.5) is 0 Å². The number of ether oxygens (including phenoxy) is 1. The predicted octanol–water partition coefficient (Wildman–Crippen LogP) is 1.81. The fraction of sp³-hybridized carbons (Fsp3) is 0.273. The van der Waals surface area contributed by atoms with Gasteiger partial charge in [-0.3, -0.25) is 4.79 Å². The van der Waals surface area contributed by atoms with Crippen molar-refractivity contribution >= 4 is 5.91 Å². The van der Waals surface area contributed by atoms with Crippen LogP contribution < -0.4 is 15.0 Å². The molecule has 0 atom stereocenters. The molecule has 146 valence electrons. The minimum atomic E-state index is -0.109. The van der Waals surface area contributed by atoms with E-state index in [1.807, 2.05) is 54.6 Å². The Morgan fingerprint density at radius 3 is 2.46 bits per heavy atom. The fourth-order valence-electron chi connectivity index (χ4n) is 2.95. The molecular formula is C22H27N4O2+. The molecule has 1 amide bonds. The predicted molar refractivity (Wildman–Crippen MR) is 110 cm³/mol. The Bertz CT molecular complexity index is 902. The Kier molecular flexibility index (Phi) is 6.45. The van der Waals surface area contributed by atoms with Crippen molar-refractivity contribution in [2.24, 2.45) is 0 Å². The molecule has 0 saturated heterocycles. The summed E-state index contributed by atoms with van der Waals surface area (Å²) >= 11 is 0. The van der Waals surface area contributed by atoms with Crippen LogP contribution in [0.15, 0.2) is 60.8 Å². The number of nitrogens with zero attached hydrogens (tertiary/aromatic N) is 2. The van der Waals surface area contributed by atoms with Crippen LogP contribution >= 0.6 is 0 Å². The van der Waals surface area contributed by atoms with Crippen molar-refractivity contribution in [3.63, 3.8) is 0 Å². The molecule has 2 N–H and O–H groups in total. The molecule has 0 aliphatic rings. The van der Waals surface area contributed by atoms with E-state index in [0.717, 1.165) is 30.0 Å². The molecule has 0 radical (unpaired) electrons. The number of amides is 1. The van der Waals surface area contributed by atoms with Crippen LogP contribution in [-0.2, 0) is 0 Å². The molecule has 1 heterocycles. The second kappa shape index (κ2) is 9.19. The van der Waals surface area contributed by atoms with Gasteiger partial charge in [0.2, 0.25) is 0 Å². The van der Waals surface area contributed by atoms with E-state index in [1.165, 1.54) is 4.90 Å². The summed E-state index contributed by atoms with van der Waals surface area (Å²) in [4.78, 5) is 14.2. The lowest BCUT2D eigenvalue weighted by Gasteiger charge is -2.08. The number of hydrogen-bond donors (Lipinski definition) is 2. The Hall–Kier alpha value is -3.12. The van der Waals surface area contributed by atoms with Gasteiger partial charge in [0.05, 0.1) is 39.0 Å². The molecule has 0 bridgehead atoms.